The molecule has 0 bridgehead atoms. The van der Waals surface area contributed by atoms with Crippen molar-refractivity contribution in [2.45, 2.75) is 19.9 Å². The van der Waals surface area contributed by atoms with Crippen LogP contribution in [0.5, 0.6) is 5.75 Å². The van der Waals surface area contributed by atoms with Gasteiger partial charge in [-0.25, -0.2) is 0 Å². The monoisotopic (exact) mass is 247 g/mol. The first kappa shape index (κ1) is 12.7. The van der Waals surface area contributed by atoms with Crippen LogP contribution in [0.4, 0.5) is 5.69 Å². The van der Waals surface area contributed by atoms with Crippen LogP contribution < -0.4 is 15.0 Å². The molecular formula is C14H21N3O. The van der Waals surface area contributed by atoms with Crippen molar-refractivity contribution in [3.63, 3.8) is 0 Å². The number of anilines is 1. The van der Waals surface area contributed by atoms with Gasteiger partial charge in [-0.05, 0) is 26.0 Å². The van der Waals surface area contributed by atoms with Gasteiger partial charge in [0, 0.05) is 24.3 Å². The van der Waals surface area contributed by atoms with Crippen LogP contribution in [0.15, 0.2) is 29.3 Å². The highest BCUT2D eigenvalue weighted by Crippen LogP contribution is 2.22. The summed E-state index contributed by atoms with van der Waals surface area (Å²) in [5.41, 5.74) is 1.17. The topological polar surface area (TPSA) is 36.9 Å². The summed E-state index contributed by atoms with van der Waals surface area (Å²) in [7, 11) is 1.70. The molecule has 4 nitrogen and oxygen atoms in total. The van der Waals surface area contributed by atoms with Crippen molar-refractivity contribution in [3.05, 3.63) is 24.3 Å². The van der Waals surface area contributed by atoms with Gasteiger partial charge in [0.2, 0.25) is 0 Å². The molecule has 2 rings (SSSR count). The molecule has 1 aliphatic heterocycles. The van der Waals surface area contributed by atoms with Crippen LogP contribution in [-0.4, -0.2) is 38.6 Å². The van der Waals surface area contributed by atoms with E-state index in [1.165, 1.54) is 5.69 Å². The fourth-order valence-corrected chi connectivity index (χ4v) is 2.08. The van der Waals surface area contributed by atoms with Gasteiger partial charge in [-0.1, -0.05) is 6.07 Å². The quantitative estimate of drug-likeness (QED) is 0.863. The zero-order valence-electron chi connectivity index (χ0n) is 11.3. The van der Waals surface area contributed by atoms with Gasteiger partial charge in [0.1, 0.15) is 11.6 Å². The van der Waals surface area contributed by atoms with E-state index in [-0.39, 0.29) is 0 Å². The molecular weight excluding hydrogens is 226 g/mol. The summed E-state index contributed by atoms with van der Waals surface area (Å²) >= 11 is 0. The minimum Gasteiger partial charge on any atom is -0.497 e. The van der Waals surface area contributed by atoms with Gasteiger partial charge < -0.3 is 15.0 Å². The number of nitrogens with one attached hydrogen (secondary N) is 1. The Labute approximate surface area is 109 Å². The third-order valence-electron chi connectivity index (χ3n) is 3.07. The van der Waals surface area contributed by atoms with Gasteiger partial charge in [-0.2, -0.15) is 0 Å². The lowest BCUT2D eigenvalue weighted by atomic mass is 10.2. The molecule has 1 heterocycles. The second kappa shape index (κ2) is 5.76. The highest BCUT2D eigenvalue weighted by Gasteiger charge is 2.15. The van der Waals surface area contributed by atoms with Gasteiger partial charge in [0.05, 0.1) is 20.2 Å². The second-order valence-corrected chi connectivity index (χ2v) is 4.68. The molecule has 0 saturated heterocycles. The molecule has 0 aliphatic carbocycles. The lowest BCUT2D eigenvalue weighted by Crippen LogP contribution is -2.39. The summed E-state index contributed by atoms with van der Waals surface area (Å²) in [5.74, 6) is 1.96. The van der Waals surface area contributed by atoms with E-state index in [1.807, 2.05) is 12.1 Å². The molecule has 98 valence electrons. The lowest BCUT2D eigenvalue weighted by molar-refractivity contribution is 0.414. The van der Waals surface area contributed by atoms with Crippen molar-refractivity contribution < 1.29 is 4.74 Å². The van der Waals surface area contributed by atoms with Crippen LogP contribution in [0.25, 0.3) is 0 Å². The molecule has 0 atom stereocenters. The van der Waals surface area contributed by atoms with Crippen molar-refractivity contribution in [3.8, 4) is 5.75 Å². The highest BCUT2D eigenvalue weighted by molar-refractivity contribution is 5.88. The maximum absolute atomic E-state index is 5.28. The van der Waals surface area contributed by atoms with E-state index in [4.69, 9.17) is 4.74 Å². The molecule has 18 heavy (non-hydrogen) atoms. The number of aliphatic imine (C=N–C) groups is 1. The average molecular weight is 247 g/mol. The fourth-order valence-electron chi connectivity index (χ4n) is 2.08. The van der Waals surface area contributed by atoms with Crippen molar-refractivity contribution in [1.82, 2.24) is 5.32 Å². The molecule has 4 heteroatoms. The first-order valence-electron chi connectivity index (χ1n) is 6.38. The first-order valence-corrected chi connectivity index (χ1v) is 6.38. The number of ether oxygens (including phenoxy) is 1. The van der Waals surface area contributed by atoms with Gasteiger partial charge >= 0.3 is 0 Å². The Hall–Kier alpha value is -1.71. The second-order valence-electron chi connectivity index (χ2n) is 4.68. The predicted molar refractivity (Wildman–Crippen MR) is 75.8 cm³/mol. The Morgan fingerprint density at radius 1 is 1.44 bits per heavy atom. The summed E-state index contributed by atoms with van der Waals surface area (Å²) in [6.45, 7) is 7.05. The first-order chi connectivity index (χ1) is 8.70. The number of methoxy groups -OCH3 is 1. The third-order valence-corrected chi connectivity index (χ3v) is 3.07. The number of nitrogens with zero attached hydrogens (tertiary/aromatic N) is 2. The van der Waals surface area contributed by atoms with E-state index in [2.05, 4.69) is 41.2 Å². The van der Waals surface area contributed by atoms with E-state index in [1.54, 1.807) is 7.11 Å². The van der Waals surface area contributed by atoms with E-state index < -0.39 is 0 Å². The molecule has 1 aromatic rings. The van der Waals surface area contributed by atoms with Crippen molar-refractivity contribution in [1.29, 1.82) is 0 Å². The molecule has 0 fully saturated rings. The highest BCUT2D eigenvalue weighted by atomic mass is 16.5. The van der Waals surface area contributed by atoms with Crippen molar-refractivity contribution >= 4 is 11.5 Å². The molecule has 1 N–H and O–H groups in total. The molecule has 0 saturated carbocycles. The van der Waals surface area contributed by atoms with Gasteiger partial charge in [0.25, 0.3) is 0 Å². The maximum Gasteiger partial charge on any atom is 0.120 e. The molecule has 0 unspecified atom stereocenters. The van der Waals surface area contributed by atoms with Gasteiger partial charge in [0.15, 0.2) is 0 Å². The van der Waals surface area contributed by atoms with Gasteiger partial charge in [-0.15, -0.1) is 0 Å². The Morgan fingerprint density at radius 2 is 2.28 bits per heavy atom. The van der Waals surface area contributed by atoms with Crippen LogP contribution in [-0.2, 0) is 0 Å². The SMILES string of the molecule is COc1cccc(N(CC2=NCCN2)C(C)C)c1. The van der Waals surface area contributed by atoms with E-state index in [0.717, 1.165) is 31.2 Å². The largest absolute Gasteiger partial charge is 0.497 e. The molecule has 1 aliphatic rings. The maximum atomic E-state index is 5.28. The number of hydrogen-bond donors (Lipinski definition) is 1. The van der Waals surface area contributed by atoms with Gasteiger partial charge in [-0.3, -0.25) is 4.99 Å². The molecule has 0 aromatic heterocycles. The Bertz CT molecular complexity index is 429. The lowest BCUT2D eigenvalue weighted by Gasteiger charge is -2.29. The summed E-state index contributed by atoms with van der Waals surface area (Å²) in [5, 5.41) is 3.32. The number of rotatable bonds is 5. The van der Waals surface area contributed by atoms with E-state index in [9.17, 15) is 0 Å². The molecule has 0 spiro atoms. The summed E-state index contributed by atoms with van der Waals surface area (Å²) in [6.07, 6.45) is 0. The Kier molecular flexibility index (Phi) is 4.07. The van der Waals surface area contributed by atoms with Crippen LogP contribution in [0.1, 0.15) is 13.8 Å². The smallest absolute Gasteiger partial charge is 0.120 e. The van der Waals surface area contributed by atoms with Crippen LogP contribution >= 0.6 is 0 Å². The zero-order valence-corrected chi connectivity index (χ0v) is 11.3. The summed E-state index contributed by atoms with van der Waals surface area (Å²) in [6, 6.07) is 8.58. The fraction of sp³-hybridized carbons (Fsp3) is 0.500. The zero-order chi connectivity index (χ0) is 13.0. The van der Waals surface area contributed by atoms with Crippen LogP contribution in [0.2, 0.25) is 0 Å². The van der Waals surface area contributed by atoms with Crippen molar-refractivity contribution in [2.75, 3.05) is 31.6 Å². The molecule has 1 aromatic carbocycles. The standard InChI is InChI=1S/C14H21N3O/c1-11(2)17(10-14-15-7-8-16-14)12-5-4-6-13(9-12)18-3/h4-6,9,11H,7-8,10H2,1-3H3,(H,15,16). The predicted octanol–water partition coefficient (Wildman–Crippen LogP) is 1.91. The molecule has 0 amide bonds. The average Bonchev–Trinajstić information content (AvgIpc) is 2.88. The normalized spacial score (nSPS) is 14.3. The Morgan fingerprint density at radius 3 is 2.89 bits per heavy atom. The molecule has 0 radical (unpaired) electrons. The Balaban J connectivity index is 2.17. The minimum atomic E-state index is 0.419. The van der Waals surface area contributed by atoms with Crippen LogP contribution in [0, 0.1) is 0 Å². The minimum absolute atomic E-state index is 0.419. The summed E-state index contributed by atoms with van der Waals surface area (Å²) in [4.78, 5) is 6.78. The number of hydrogen-bond acceptors (Lipinski definition) is 4. The number of amidine groups is 1. The van der Waals surface area contributed by atoms with Crippen molar-refractivity contribution in [2.24, 2.45) is 4.99 Å². The third kappa shape index (κ3) is 2.94. The van der Waals surface area contributed by atoms with Crippen LogP contribution in [0.3, 0.4) is 0 Å². The van der Waals surface area contributed by atoms with E-state index >= 15 is 0 Å². The number of benzene rings is 1. The van der Waals surface area contributed by atoms with E-state index in [0.29, 0.717) is 6.04 Å². The summed E-state index contributed by atoms with van der Waals surface area (Å²) < 4.78 is 5.28.